The minimum atomic E-state index is 0.855. The monoisotopic (exact) mass is 140 g/mol. The smallest absolute Gasteiger partial charge is 0.0597 e. The standard InChI is InChI=1S/C8H16N2/c1-9(2)7-5-6-8-10(3)4/h7-8H2,1-4H3. The lowest BCUT2D eigenvalue weighted by atomic mass is 10.5. The first-order chi connectivity index (χ1) is 4.63. The van der Waals surface area contributed by atoms with Gasteiger partial charge in [-0.3, -0.25) is 9.80 Å². The molecular weight excluding hydrogens is 124 g/mol. The topological polar surface area (TPSA) is 6.48 Å². The number of hydrogen-bond acceptors (Lipinski definition) is 2. The van der Waals surface area contributed by atoms with E-state index in [9.17, 15) is 0 Å². The molecule has 0 saturated heterocycles. The first kappa shape index (κ1) is 9.48. The Morgan fingerprint density at radius 1 is 0.800 bits per heavy atom. The number of rotatable bonds is 2. The molecule has 0 saturated carbocycles. The summed E-state index contributed by atoms with van der Waals surface area (Å²) in [7, 11) is 8.07. The van der Waals surface area contributed by atoms with Crippen molar-refractivity contribution in [3.63, 3.8) is 0 Å². The normalized spacial score (nSPS) is 9.80. The second kappa shape index (κ2) is 5.28. The van der Waals surface area contributed by atoms with Gasteiger partial charge in [0.15, 0.2) is 0 Å². The number of hydrogen-bond donors (Lipinski definition) is 0. The molecule has 0 unspecified atom stereocenters. The first-order valence-electron chi connectivity index (χ1n) is 3.38. The molecule has 0 fully saturated rings. The van der Waals surface area contributed by atoms with Crippen molar-refractivity contribution in [3.8, 4) is 11.8 Å². The summed E-state index contributed by atoms with van der Waals surface area (Å²) in [6.07, 6.45) is 0. The van der Waals surface area contributed by atoms with E-state index in [-0.39, 0.29) is 0 Å². The summed E-state index contributed by atoms with van der Waals surface area (Å²) in [6, 6.07) is 0. The molecule has 0 atom stereocenters. The van der Waals surface area contributed by atoms with Crippen LogP contribution in [0.5, 0.6) is 0 Å². The molecule has 0 aliphatic rings. The van der Waals surface area contributed by atoms with Crippen molar-refractivity contribution >= 4 is 0 Å². The van der Waals surface area contributed by atoms with Gasteiger partial charge in [0.2, 0.25) is 0 Å². The fourth-order valence-corrected chi connectivity index (χ4v) is 0.428. The molecule has 0 aromatic carbocycles. The average Bonchev–Trinajstić information content (AvgIpc) is 1.79. The van der Waals surface area contributed by atoms with E-state index in [2.05, 4.69) is 21.6 Å². The summed E-state index contributed by atoms with van der Waals surface area (Å²) in [6.45, 7) is 1.71. The van der Waals surface area contributed by atoms with E-state index in [4.69, 9.17) is 0 Å². The molecule has 0 spiro atoms. The van der Waals surface area contributed by atoms with Crippen LogP contribution in [-0.4, -0.2) is 51.1 Å². The average molecular weight is 140 g/mol. The second-order valence-electron chi connectivity index (χ2n) is 2.83. The van der Waals surface area contributed by atoms with E-state index >= 15 is 0 Å². The van der Waals surface area contributed by atoms with E-state index in [1.807, 2.05) is 28.2 Å². The molecule has 58 valence electrons. The molecule has 2 nitrogen and oxygen atoms in total. The van der Waals surface area contributed by atoms with Crippen molar-refractivity contribution in [2.24, 2.45) is 0 Å². The lowest BCUT2D eigenvalue weighted by Crippen LogP contribution is -2.13. The van der Waals surface area contributed by atoms with Crippen LogP contribution in [0.3, 0.4) is 0 Å². The largest absolute Gasteiger partial charge is 0.299 e. The molecule has 0 amide bonds. The molecule has 0 aromatic rings. The predicted octanol–water partition coefficient (Wildman–Crippen LogP) is 0.113. The molecule has 0 aliphatic carbocycles. The predicted molar refractivity (Wildman–Crippen MR) is 44.9 cm³/mol. The molecule has 10 heavy (non-hydrogen) atoms. The summed E-state index contributed by atoms with van der Waals surface area (Å²) >= 11 is 0. The zero-order valence-electron chi connectivity index (χ0n) is 7.31. The molecule has 2 heteroatoms. The van der Waals surface area contributed by atoms with E-state index < -0.39 is 0 Å². The Morgan fingerprint density at radius 2 is 1.10 bits per heavy atom. The molecule has 0 N–H and O–H groups in total. The second-order valence-corrected chi connectivity index (χ2v) is 2.83. The Balaban J connectivity index is 3.32. The minimum absolute atomic E-state index is 0.855. The van der Waals surface area contributed by atoms with Gasteiger partial charge < -0.3 is 0 Å². The fraction of sp³-hybridized carbons (Fsp3) is 0.750. The molecule has 0 radical (unpaired) electrons. The molecule has 0 aromatic heterocycles. The van der Waals surface area contributed by atoms with Crippen molar-refractivity contribution in [1.82, 2.24) is 9.80 Å². The van der Waals surface area contributed by atoms with Gasteiger partial charge in [0.25, 0.3) is 0 Å². The van der Waals surface area contributed by atoms with Crippen molar-refractivity contribution in [2.45, 2.75) is 0 Å². The van der Waals surface area contributed by atoms with Gasteiger partial charge in [0.05, 0.1) is 13.1 Å². The Labute approximate surface area is 63.8 Å². The van der Waals surface area contributed by atoms with Crippen LogP contribution in [0.1, 0.15) is 0 Å². The maximum Gasteiger partial charge on any atom is 0.0597 e. The van der Waals surface area contributed by atoms with Gasteiger partial charge in [-0.05, 0) is 28.2 Å². The molecule has 0 aliphatic heterocycles. The molecular formula is C8H16N2. The highest BCUT2D eigenvalue weighted by atomic mass is 15.1. The van der Waals surface area contributed by atoms with Crippen molar-refractivity contribution < 1.29 is 0 Å². The highest BCUT2D eigenvalue weighted by molar-refractivity contribution is 5.02. The lowest BCUT2D eigenvalue weighted by molar-refractivity contribution is 0.456. The van der Waals surface area contributed by atoms with Crippen LogP contribution in [-0.2, 0) is 0 Å². The minimum Gasteiger partial charge on any atom is -0.299 e. The summed E-state index contributed by atoms with van der Waals surface area (Å²) < 4.78 is 0. The van der Waals surface area contributed by atoms with Gasteiger partial charge >= 0.3 is 0 Å². The zero-order chi connectivity index (χ0) is 7.98. The van der Waals surface area contributed by atoms with Crippen LogP contribution in [0.2, 0.25) is 0 Å². The quantitative estimate of drug-likeness (QED) is 0.502. The van der Waals surface area contributed by atoms with E-state index in [0.29, 0.717) is 0 Å². The highest BCUT2D eigenvalue weighted by Crippen LogP contribution is 1.71. The van der Waals surface area contributed by atoms with E-state index in [0.717, 1.165) is 13.1 Å². The summed E-state index contributed by atoms with van der Waals surface area (Å²) in [5, 5.41) is 0. The Bertz CT molecular complexity index is 114. The van der Waals surface area contributed by atoms with Crippen molar-refractivity contribution in [3.05, 3.63) is 0 Å². The van der Waals surface area contributed by atoms with Gasteiger partial charge in [0, 0.05) is 0 Å². The van der Waals surface area contributed by atoms with Crippen molar-refractivity contribution in [2.75, 3.05) is 41.3 Å². The molecule has 0 bridgehead atoms. The summed E-state index contributed by atoms with van der Waals surface area (Å²) in [4.78, 5) is 4.12. The Morgan fingerprint density at radius 3 is 1.30 bits per heavy atom. The van der Waals surface area contributed by atoms with Gasteiger partial charge in [-0.2, -0.15) is 0 Å². The summed E-state index contributed by atoms with van der Waals surface area (Å²) in [5.74, 6) is 6.10. The van der Waals surface area contributed by atoms with Crippen LogP contribution in [0.25, 0.3) is 0 Å². The third kappa shape index (κ3) is 7.48. The van der Waals surface area contributed by atoms with Gasteiger partial charge in [-0.25, -0.2) is 0 Å². The molecule has 0 rings (SSSR count). The van der Waals surface area contributed by atoms with Gasteiger partial charge in [-0.1, -0.05) is 11.8 Å². The SMILES string of the molecule is CN(C)CC#CCN(C)C. The maximum absolute atomic E-state index is 3.05. The third-order valence-electron chi connectivity index (χ3n) is 0.916. The van der Waals surface area contributed by atoms with E-state index in [1.54, 1.807) is 0 Å². The van der Waals surface area contributed by atoms with Crippen LogP contribution >= 0.6 is 0 Å². The lowest BCUT2D eigenvalue weighted by Gasteiger charge is -2.03. The zero-order valence-corrected chi connectivity index (χ0v) is 7.31. The summed E-state index contributed by atoms with van der Waals surface area (Å²) in [5.41, 5.74) is 0. The Hall–Kier alpha value is -0.520. The van der Waals surface area contributed by atoms with Crippen LogP contribution in [0.4, 0.5) is 0 Å². The van der Waals surface area contributed by atoms with Crippen LogP contribution in [0, 0.1) is 11.8 Å². The van der Waals surface area contributed by atoms with Crippen molar-refractivity contribution in [1.29, 1.82) is 0 Å². The maximum atomic E-state index is 3.05. The fourth-order valence-electron chi connectivity index (χ4n) is 0.428. The first-order valence-corrected chi connectivity index (χ1v) is 3.38. The number of nitrogens with zero attached hydrogens (tertiary/aromatic N) is 2. The van der Waals surface area contributed by atoms with Crippen LogP contribution in [0.15, 0.2) is 0 Å². The Kier molecular flexibility index (Phi) is 5.00. The van der Waals surface area contributed by atoms with Gasteiger partial charge in [0.1, 0.15) is 0 Å². The van der Waals surface area contributed by atoms with E-state index in [1.165, 1.54) is 0 Å². The third-order valence-corrected chi connectivity index (χ3v) is 0.916. The molecule has 0 heterocycles. The van der Waals surface area contributed by atoms with Crippen LogP contribution < -0.4 is 0 Å². The highest BCUT2D eigenvalue weighted by Gasteiger charge is 1.82. The van der Waals surface area contributed by atoms with Gasteiger partial charge in [-0.15, -0.1) is 0 Å².